The van der Waals surface area contributed by atoms with Crippen molar-refractivity contribution >= 4 is 5.96 Å². The van der Waals surface area contributed by atoms with Gasteiger partial charge >= 0.3 is 0 Å². The summed E-state index contributed by atoms with van der Waals surface area (Å²) in [4.78, 5) is 4.69. The zero-order valence-electron chi connectivity index (χ0n) is 16.5. The standard InChI is InChI=1S/C20H33N3O4/c1-16-5-8-20(9-6-16)26-15-18(27-20)14-23-19(22-11-13-24-2)21-10-7-17-4-3-12-25-17/h3-4,12,16,18H,5-11,13-15H2,1-2H3,(H2,21,22,23). The molecule has 152 valence electrons. The van der Waals surface area contributed by atoms with E-state index in [1.54, 1.807) is 13.4 Å². The van der Waals surface area contributed by atoms with Gasteiger partial charge in [0, 0.05) is 39.5 Å². The van der Waals surface area contributed by atoms with Gasteiger partial charge in [0.1, 0.15) is 11.9 Å². The van der Waals surface area contributed by atoms with Crippen LogP contribution in [0, 0.1) is 5.92 Å². The van der Waals surface area contributed by atoms with Gasteiger partial charge in [-0.15, -0.1) is 0 Å². The number of nitrogens with one attached hydrogen (secondary N) is 2. The molecule has 1 spiro atoms. The predicted molar refractivity (Wildman–Crippen MR) is 104 cm³/mol. The van der Waals surface area contributed by atoms with Gasteiger partial charge in [-0.25, -0.2) is 0 Å². The van der Waals surface area contributed by atoms with Crippen molar-refractivity contribution < 1.29 is 18.6 Å². The quantitative estimate of drug-likeness (QED) is 0.410. The number of guanidine groups is 1. The Morgan fingerprint density at radius 3 is 2.85 bits per heavy atom. The molecule has 1 aromatic rings. The summed E-state index contributed by atoms with van der Waals surface area (Å²) in [5, 5.41) is 6.63. The van der Waals surface area contributed by atoms with E-state index in [0.29, 0.717) is 26.3 Å². The first kappa shape index (κ1) is 20.2. The van der Waals surface area contributed by atoms with E-state index >= 15 is 0 Å². The first-order chi connectivity index (χ1) is 13.2. The Morgan fingerprint density at radius 1 is 1.30 bits per heavy atom. The largest absolute Gasteiger partial charge is 0.469 e. The lowest BCUT2D eigenvalue weighted by Gasteiger charge is -2.34. The van der Waals surface area contributed by atoms with Crippen LogP contribution in [0.2, 0.25) is 0 Å². The fourth-order valence-electron chi connectivity index (χ4n) is 3.57. The van der Waals surface area contributed by atoms with E-state index in [-0.39, 0.29) is 11.9 Å². The summed E-state index contributed by atoms with van der Waals surface area (Å²) >= 11 is 0. The second kappa shape index (κ2) is 10.1. The van der Waals surface area contributed by atoms with E-state index < -0.39 is 0 Å². The molecule has 7 nitrogen and oxygen atoms in total. The fraction of sp³-hybridized carbons (Fsp3) is 0.750. The Hall–Kier alpha value is -1.57. The van der Waals surface area contributed by atoms with Gasteiger partial charge in [-0.2, -0.15) is 0 Å². The molecule has 0 bridgehead atoms. The molecule has 27 heavy (non-hydrogen) atoms. The van der Waals surface area contributed by atoms with Crippen LogP contribution in [0.3, 0.4) is 0 Å². The molecule has 1 saturated carbocycles. The molecular weight excluding hydrogens is 346 g/mol. The van der Waals surface area contributed by atoms with Crippen LogP contribution in [0.4, 0.5) is 0 Å². The maximum Gasteiger partial charge on any atom is 0.191 e. The first-order valence-electron chi connectivity index (χ1n) is 10.0. The molecule has 0 aromatic carbocycles. The van der Waals surface area contributed by atoms with Crippen molar-refractivity contribution in [3.05, 3.63) is 24.2 Å². The van der Waals surface area contributed by atoms with E-state index in [2.05, 4.69) is 17.6 Å². The van der Waals surface area contributed by atoms with Crippen LogP contribution in [0.15, 0.2) is 27.8 Å². The van der Waals surface area contributed by atoms with Gasteiger partial charge in [0.25, 0.3) is 0 Å². The zero-order valence-corrected chi connectivity index (χ0v) is 16.5. The summed E-state index contributed by atoms with van der Waals surface area (Å²) in [6.45, 7) is 5.58. The number of rotatable bonds is 8. The summed E-state index contributed by atoms with van der Waals surface area (Å²) in [6, 6.07) is 3.88. The van der Waals surface area contributed by atoms with Crippen LogP contribution < -0.4 is 10.6 Å². The molecule has 0 radical (unpaired) electrons. The average Bonchev–Trinajstić information content (AvgIpc) is 3.33. The van der Waals surface area contributed by atoms with Crippen molar-refractivity contribution in [2.45, 2.75) is 50.9 Å². The highest BCUT2D eigenvalue weighted by Gasteiger charge is 2.43. The second-order valence-electron chi connectivity index (χ2n) is 7.51. The Bertz CT molecular complexity index is 568. The minimum absolute atomic E-state index is 0.0181. The van der Waals surface area contributed by atoms with Crippen LogP contribution in [-0.4, -0.2) is 57.8 Å². The molecule has 2 aliphatic rings. The molecule has 0 amide bonds. The molecular formula is C20H33N3O4. The molecule has 3 rings (SSSR count). The summed E-state index contributed by atoms with van der Waals surface area (Å²) in [6.07, 6.45) is 6.86. The molecule has 1 atom stereocenters. The van der Waals surface area contributed by atoms with Crippen LogP contribution in [0.5, 0.6) is 0 Å². The Balaban J connectivity index is 1.46. The predicted octanol–water partition coefficient (Wildman–Crippen LogP) is 2.33. The van der Waals surface area contributed by atoms with Crippen molar-refractivity contribution in [1.29, 1.82) is 0 Å². The van der Waals surface area contributed by atoms with Gasteiger partial charge < -0.3 is 29.3 Å². The monoisotopic (exact) mass is 379 g/mol. The van der Waals surface area contributed by atoms with Crippen molar-refractivity contribution in [2.75, 3.05) is 40.0 Å². The van der Waals surface area contributed by atoms with Crippen LogP contribution >= 0.6 is 0 Å². The number of furan rings is 1. The lowest BCUT2D eigenvalue weighted by Crippen LogP contribution is -2.40. The number of nitrogens with zero attached hydrogens (tertiary/aromatic N) is 1. The highest BCUT2D eigenvalue weighted by molar-refractivity contribution is 5.79. The summed E-state index contributed by atoms with van der Waals surface area (Å²) < 4.78 is 22.8. The molecule has 2 heterocycles. The lowest BCUT2D eigenvalue weighted by atomic mass is 9.86. The molecule has 1 aromatic heterocycles. The van der Waals surface area contributed by atoms with E-state index in [4.69, 9.17) is 23.6 Å². The molecule has 1 aliphatic heterocycles. The molecule has 2 N–H and O–H groups in total. The summed E-state index contributed by atoms with van der Waals surface area (Å²) in [5.41, 5.74) is 0. The van der Waals surface area contributed by atoms with Crippen molar-refractivity contribution in [1.82, 2.24) is 10.6 Å². The van der Waals surface area contributed by atoms with Crippen LogP contribution in [-0.2, 0) is 20.6 Å². The topological polar surface area (TPSA) is 77.2 Å². The van der Waals surface area contributed by atoms with Gasteiger partial charge in [0.15, 0.2) is 11.7 Å². The third kappa shape index (κ3) is 6.23. The maximum atomic E-state index is 6.25. The van der Waals surface area contributed by atoms with Crippen LogP contribution in [0.1, 0.15) is 38.4 Å². The summed E-state index contributed by atoms with van der Waals surface area (Å²) in [7, 11) is 1.69. The normalized spacial score (nSPS) is 28.6. The number of aliphatic imine (C=N–C) groups is 1. The second-order valence-corrected chi connectivity index (χ2v) is 7.51. The SMILES string of the molecule is COCCNC(=NCC1COC2(CCC(C)CC2)O1)NCCc1ccco1. The Morgan fingerprint density at radius 2 is 2.11 bits per heavy atom. The minimum atomic E-state index is -0.358. The van der Waals surface area contributed by atoms with Gasteiger partial charge in [0.2, 0.25) is 0 Å². The number of hydrogen-bond donors (Lipinski definition) is 2. The minimum Gasteiger partial charge on any atom is -0.469 e. The first-order valence-corrected chi connectivity index (χ1v) is 10.0. The molecule has 7 heteroatoms. The van der Waals surface area contributed by atoms with Gasteiger partial charge in [-0.1, -0.05) is 6.92 Å². The van der Waals surface area contributed by atoms with Crippen LogP contribution in [0.25, 0.3) is 0 Å². The summed E-state index contributed by atoms with van der Waals surface area (Å²) in [5.74, 6) is 2.14. The zero-order chi connectivity index (χ0) is 19.0. The molecule has 1 aliphatic carbocycles. The molecule has 1 saturated heterocycles. The lowest BCUT2D eigenvalue weighted by molar-refractivity contribution is -0.190. The molecule has 1 unspecified atom stereocenters. The highest BCUT2D eigenvalue weighted by Crippen LogP contribution is 2.39. The van der Waals surface area contributed by atoms with Crippen molar-refractivity contribution in [3.8, 4) is 0 Å². The van der Waals surface area contributed by atoms with E-state index in [9.17, 15) is 0 Å². The average molecular weight is 380 g/mol. The highest BCUT2D eigenvalue weighted by atomic mass is 16.7. The van der Waals surface area contributed by atoms with Gasteiger partial charge in [-0.05, 0) is 30.9 Å². The van der Waals surface area contributed by atoms with Gasteiger partial charge in [-0.3, -0.25) is 4.99 Å². The molecule has 2 fully saturated rings. The number of methoxy groups -OCH3 is 1. The fourth-order valence-corrected chi connectivity index (χ4v) is 3.57. The Kier molecular flexibility index (Phi) is 7.55. The van der Waals surface area contributed by atoms with Crippen molar-refractivity contribution in [2.24, 2.45) is 10.9 Å². The third-order valence-corrected chi connectivity index (χ3v) is 5.25. The van der Waals surface area contributed by atoms with Gasteiger partial charge in [0.05, 0.1) is 26.0 Å². The van der Waals surface area contributed by atoms with E-state index in [1.165, 1.54) is 12.8 Å². The third-order valence-electron chi connectivity index (χ3n) is 5.25. The number of hydrogen-bond acceptors (Lipinski definition) is 5. The number of ether oxygens (including phenoxy) is 3. The Labute approximate surface area is 161 Å². The van der Waals surface area contributed by atoms with E-state index in [1.807, 2.05) is 12.1 Å². The smallest absolute Gasteiger partial charge is 0.191 e. The maximum absolute atomic E-state index is 6.25. The van der Waals surface area contributed by atoms with E-state index in [0.717, 1.165) is 43.4 Å². The van der Waals surface area contributed by atoms with Crippen molar-refractivity contribution in [3.63, 3.8) is 0 Å².